The second-order valence-corrected chi connectivity index (χ2v) is 5.98. The highest BCUT2D eigenvalue weighted by molar-refractivity contribution is 7.10. The standard InChI is InChI=1S/C16H19NO5S/c1-4-21-14(19)16(15(20)22-5-2)9-11(10(3)18)13(17-16)12-7-6-8-23-12/h6-9,13,17H,4-5H2,1-3H3/t13-/m1/s1. The third-order valence-electron chi connectivity index (χ3n) is 3.48. The van der Waals surface area contributed by atoms with Crippen LogP contribution in [0.1, 0.15) is 31.7 Å². The quantitative estimate of drug-likeness (QED) is 0.629. The highest BCUT2D eigenvalue weighted by atomic mass is 32.1. The maximum atomic E-state index is 12.4. The van der Waals surface area contributed by atoms with Crippen LogP contribution in [0.3, 0.4) is 0 Å². The van der Waals surface area contributed by atoms with E-state index >= 15 is 0 Å². The molecule has 0 bridgehead atoms. The monoisotopic (exact) mass is 337 g/mol. The van der Waals surface area contributed by atoms with E-state index in [1.54, 1.807) is 13.8 Å². The second-order valence-electron chi connectivity index (χ2n) is 5.00. The first-order valence-corrected chi connectivity index (χ1v) is 8.23. The predicted octanol–water partition coefficient (Wildman–Crippen LogP) is 1.77. The van der Waals surface area contributed by atoms with Crippen LogP contribution in [0.4, 0.5) is 0 Å². The molecule has 7 heteroatoms. The Morgan fingerprint density at radius 3 is 2.26 bits per heavy atom. The smallest absolute Gasteiger partial charge is 0.342 e. The molecule has 2 heterocycles. The van der Waals surface area contributed by atoms with Gasteiger partial charge in [0.25, 0.3) is 0 Å². The molecule has 0 saturated heterocycles. The van der Waals surface area contributed by atoms with Crippen molar-refractivity contribution in [2.45, 2.75) is 32.4 Å². The number of rotatable bonds is 6. The van der Waals surface area contributed by atoms with Crippen molar-refractivity contribution >= 4 is 29.1 Å². The summed E-state index contributed by atoms with van der Waals surface area (Å²) in [5.41, 5.74) is -1.43. The molecule has 1 atom stereocenters. The minimum atomic E-state index is -1.79. The molecule has 1 aromatic rings. The Bertz CT molecular complexity index is 617. The molecule has 1 aliphatic heterocycles. The minimum absolute atomic E-state index is 0.120. The molecule has 0 aliphatic carbocycles. The lowest BCUT2D eigenvalue weighted by Gasteiger charge is -2.25. The van der Waals surface area contributed by atoms with Crippen LogP contribution < -0.4 is 5.32 Å². The number of hydrogen-bond donors (Lipinski definition) is 1. The molecule has 6 nitrogen and oxygen atoms in total. The number of esters is 2. The van der Waals surface area contributed by atoms with E-state index in [1.165, 1.54) is 24.3 Å². The van der Waals surface area contributed by atoms with Crippen LogP contribution >= 0.6 is 11.3 Å². The van der Waals surface area contributed by atoms with Gasteiger partial charge in [-0.25, -0.2) is 9.59 Å². The fourth-order valence-electron chi connectivity index (χ4n) is 2.46. The summed E-state index contributed by atoms with van der Waals surface area (Å²) in [6.07, 6.45) is 1.34. The summed E-state index contributed by atoms with van der Waals surface area (Å²) in [5.74, 6) is -1.75. The third kappa shape index (κ3) is 3.20. The largest absolute Gasteiger partial charge is 0.464 e. The van der Waals surface area contributed by atoms with E-state index in [9.17, 15) is 14.4 Å². The van der Waals surface area contributed by atoms with Crippen LogP contribution in [0.25, 0.3) is 0 Å². The van der Waals surface area contributed by atoms with Crippen molar-refractivity contribution in [1.82, 2.24) is 5.32 Å². The Hall–Kier alpha value is -1.99. The van der Waals surface area contributed by atoms with Gasteiger partial charge in [0.15, 0.2) is 5.78 Å². The molecule has 0 fully saturated rings. The van der Waals surface area contributed by atoms with Crippen LogP contribution in [0.5, 0.6) is 0 Å². The van der Waals surface area contributed by atoms with Crippen molar-refractivity contribution < 1.29 is 23.9 Å². The Kier molecular flexibility index (Phi) is 5.33. The lowest BCUT2D eigenvalue weighted by molar-refractivity contribution is -0.162. The maximum absolute atomic E-state index is 12.4. The summed E-state index contributed by atoms with van der Waals surface area (Å²) in [6.45, 7) is 4.94. The average molecular weight is 337 g/mol. The van der Waals surface area contributed by atoms with E-state index in [0.29, 0.717) is 5.57 Å². The lowest BCUT2D eigenvalue weighted by Crippen LogP contribution is -2.56. The molecule has 0 aromatic carbocycles. The van der Waals surface area contributed by atoms with Crippen molar-refractivity contribution in [3.8, 4) is 0 Å². The fraction of sp³-hybridized carbons (Fsp3) is 0.438. The zero-order chi connectivity index (χ0) is 17.0. The van der Waals surface area contributed by atoms with Crippen LogP contribution in [-0.4, -0.2) is 36.5 Å². The Labute approximate surface area is 138 Å². The summed E-state index contributed by atoms with van der Waals surface area (Å²) in [4.78, 5) is 37.7. The summed E-state index contributed by atoms with van der Waals surface area (Å²) in [5, 5.41) is 4.82. The number of carbonyl (C=O) groups is 3. The van der Waals surface area contributed by atoms with E-state index in [0.717, 1.165) is 4.88 Å². The minimum Gasteiger partial charge on any atom is -0.464 e. The average Bonchev–Trinajstić information content (AvgIpc) is 3.15. The topological polar surface area (TPSA) is 81.7 Å². The molecule has 1 aromatic heterocycles. The van der Waals surface area contributed by atoms with Gasteiger partial charge in [0.1, 0.15) is 0 Å². The van der Waals surface area contributed by atoms with E-state index in [1.807, 2.05) is 17.5 Å². The molecule has 0 saturated carbocycles. The van der Waals surface area contributed by atoms with E-state index in [-0.39, 0.29) is 19.0 Å². The molecule has 2 rings (SSSR count). The highest BCUT2D eigenvalue weighted by Crippen LogP contribution is 2.36. The van der Waals surface area contributed by atoms with Crippen LogP contribution in [-0.2, 0) is 23.9 Å². The van der Waals surface area contributed by atoms with Gasteiger partial charge in [0, 0.05) is 10.5 Å². The summed E-state index contributed by atoms with van der Waals surface area (Å²) in [6, 6.07) is 3.14. The van der Waals surface area contributed by atoms with Gasteiger partial charge >= 0.3 is 11.9 Å². The number of thiophene rings is 1. The number of ketones is 1. The maximum Gasteiger partial charge on any atom is 0.342 e. The number of ether oxygens (including phenoxy) is 2. The number of Topliss-reactive ketones (excluding diaryl/α,β-unsaturated/α-hetero) is 1. The number of carbonyl (C=O) groups excluding carboxylic acids is 3. The zero-order valence-corrected chi connectivity index (χ0v) is 14.1. The Morgan fingerprint density at radius 2 is 1.83 bits per heavy atom. The molecule has 0 unspecified atom stereocenters. The van der Waals surface area contributed by atoms with Gasteiger partial charge in [-0.1, -0.05) is 6.07 Å². The molecule has 0 amide bonds. The van der Waals surface area contributed by atoms with E-state index < -0.39 is 23.5 Å². The van der Waals surface area contributed by atoms with Crippen LogP contribution in [0, 0.1) is 0 Å². The van der Waals surface area contributed by atoms with Crippen molar-refractivity contribution in [3.05, 3.63) is 34.0 Å². The van der Waals surface area contributed by atoms with Crippen molar-refractivity contribution in [3.63, 3.8) is 0 Å². The van der Waals surface area contributed by atoms with Crippen molar-refractivity contribution in [2.75, 3.05) is 13.2 Å². The first kappa shape index (κ1) is 17.4. The van der Waals surface area contributed by atoms with Crippen LogP contribution in [0.2, 0.25) is 0 Å². The highest BCUT2D eigenvalue weighted by Gasteiger charge is 2.54. The zero-order valence-electron chi connectivity index (χ0n) is 13.3. The van der Waals surface area contributed by atoms with E-state index in [4.69, 9.17) is 9.47 Å². The van der Waals surface area contributed by atoms with Crippen molar-refractivity contribution in [1.29, 1.82) is 0 Å². The van der Waals surface area contributed by atoms with Gasteiger partial charge in [0.05, 0.1) is 19.3 Å². The number of hydrogen-bond acceptors (Lipinski definition) is 7. The molecule has 124 valence electrons. The summed E-state index contributed by atoms with van der Waals surface area (Å²) in [7, 11) is 0. The molecule has 23 heavy (non-hydrogen) atoms. The SMILES string of the molecule is CCOC(=O)C1(C(=O)OCC)C=C(C(C)=O)[C@H](c2cccs2)N1. The van der Waals surface area contributed by atoms with Gasteiger partial charge in [-0.15, -0.1) is 11.3 Å². The normalized spacial score (nSPS) is 19.1. The summed E-state index contributed by atoms with van der Waals surface area (Å²) < 4.78 is 10.1. The molecule has 0 spiro atoms. The van der Waals surface area contributed by atoms with Gasteiger partial charge in [-0.05, 0) is 38.3 Å². The molecular formula is C16H19NO5S. The fourth-order valence-corrected chi connectivity index (χ4v) is 3.25. The first-order chi connectivity index (χ1) is 11.0. The molecular weight excluding hydrogens is 318 g/mol. The third-order valence-corrected chi connectivity index (χ3v) is 4.42. The van der Waals surface area contributed by atoms with Gasteiger partial charge in [-0.2, -0.15) is 0 Å². The lowest BCUT2D eigenvalue weighted by atomic mass is 9.99. The van der Waals surface area contributed by atoms with Gasteiger partial charge in [0.2, 0.25) is 5.54 Å². The predicted molar refractivity (Wildman–Crippen MR) is 85.0 cm³/mol. The Balaban J connectivity index is 2.48. The van der Waals surface area contributed by atoms with E-state index in [2.05, 4.69) is 5.32 Å². The number of nitrogens with one attached hydrogen (secondary N) is 1. The van der Waals surface area contributed by atoms with Gasteiger partial charge < -0.3 is 9.47 Å². The second kappa shape index (κ2) is 7.06. The molecule has 0 radical (unpaired) electrons. The molecule has 1 aliphatic rings. The summed E-state index contributed by atoms with van der Waals surface area (Å²) >= 11 is 1.43. The molecule has 1 N–H and O–H groups in total. The Morgan fingerprint density at radius 1 is 1.22 bits per heavy atom. The van der Waals surface area contributed by atoms with Crippen LogP contribution in [0.15, 0.2) is 29.2 Å². The van der Waals surface area contributed by atoms with Crippen molar-refractivity contribution in [2.24, 2.45) is 0 Å². The first-order valence-electron chi connectivity index (χ1n) is 7.35. The van der Waals surface area contributed by atoms with Gasteiger partial charge in [-0.3, -0.25) is 10.1 Å².